The molecule has 0 spiro atoms. The van der Waals surface area contributed by atoms with Crippen LogP contribution in [0.3, 0.4) is 0 Å². The fourth-order valence-electron chi connectivity index (χ4n) is 2.36. The highest BCUT2D eigenvalue weighted by molar-refractivity contribution is 5.95. The zero-order valence-electron chi connectivity index (χ0n) is 14.2. The molecule has 1 aromatic heterocycles. The number of benzene rings is 1. The van der Waals surface area contributed by atoms with Gasteiger partial charge in [0.25, 0.3) is 5.91 Å². The number of amides is 1. The Morgan fingerprint density at radius 3 is 2.70 bits per heavy atom. The summed E-state index contributed by atoms with van der Waals surface area (Å²) in [7, 11) is 1.82. The van der Waals surface area contributed by atoms with Gasteiger partial charge < -0.3 is 10.6 Å². The summed E-state index contributed by atoms with van der Waals surface area (Å²) in [6.45, 7) is 6.78. The number of nitrogens with two attached hydrogens (primary N) is 1. The van der Waals surface area contributed by atoms with Crippen LogP contribution >= 0.6 is 0 Å². The molecule has 124 valence electrons. The van der Waals surface area contributed by atoms with Gasteiger partial charge in [0.15, 0.2) is 0 Å². The highest BCUT2D eigenvalue weighted by Gasteiger charge is 2.16. The van der Waals surface area contributed by atoms with Crippen LogP contribution in [0.2, 0.25) is 0 Å². The van der Waals surface area contributed by atoms with Crippen LogP contribution in [0.5, 0.6) is 0 Å². The molecule has 6 nitrogen and oxygen atoms in total. The second-order valence-electron chi connectivity index (χ2n) is 6.26. The molecule has 1 aromatic carbocycles. The maximum absolute atomic E-state index is 12.6. The van der Waals surface area contributed by atoms with Crippen molar-refractivity contribution in [3.8, 4) is 5.69 Å². The first-order valence-electron chi connectivity index (χ1n) is 7.87. The summed E-state index contributed by atoms with van der Waals surface area (Å²) in [6.07, 6.45) is 3.92. The molecule has 0 aliphatic heterocycles. The van der Waals surface area contributed by atoms with Crippen LogP contribution in [0.4, 0.5) is 0 Å². The summed E-state index contributed by atoms with van der Waals surface area (Å²) in [5.74, 6) is 0.436. The van der Waals surface area contributed by atoms with E-state index in [0.717, 1.165) is 17.7 Å². The van der Waals surface area contributed by atoms with Crippen LogP contribution in [0.1, 0.15) is 36.2 Å². The molecule has 0 aliphatic carbocycles. The van der Waals surface area contributed by atoms with Gasteiger partial charge in [-0.2, -0.15) is 5.10 Å². The highest BCUT2D eigenvalue weighted by Crippen LogP contribution is 2.16. The number of aromatic nitrogens is 3. The van der Waals surface area contributed by atoms with Gasteiger partial charge in [0.2, 0.25) is 0 Å². The van der Waals surface area contributed by atoms with Crippen molar-refractivity contribution < 1.29 is 4.79 Å². The summed E-state index contributed by atoms with van der Waals surface area (Å²) >= 11 is 0. The molecule has 2 rings (SSSR count). The first-order chi connectivity index (χ1) is 10.9. The molecule has 0 saturated carbocycles. The summed E-state index contributed by atoms with van der Waals surface area (Å²) in [5, 5.41) is 4.10. The minimum atomic E-state index is 0.0172. The van der Waals surface area contributed by atoms with Crippen LogP contribution in [0, 0.1) is 12.8 Å². The first kappa shape index (κ1) is 17.1. The van der Waals surface area contributed by atoms with Crippen molar-refractivity contribution in [3.05, 3.63) is 42.0 Å². The van der Waals surface area contributed by atoms with Crippen LogP contribution in [-0.2, 0) is 0 Å². The van der Waals surface area contributed by atoms with Gasteiger partial charge in [-0.1, -0.05) is 13.8 Å². The van der Waals surface area contributed by atoms with Gasteiger partial charge in [-0.25, -0.2) is 9.67 Å². The zero-order chi connectivity index (χ0) is 17.0. The molecule has 1 atom stereocenters. The molecule has 6 heteroatoms. The lowest BCUT2D eigenvalue weighted by molar-refractivity contribution is 0.0788. The predicted octanol–water partition coefficient (Wildman–Crippen LogP) is 2.02. The van der Waals surface area contributed by atoms with Gasteiger partial charge in [0, 0.05) is 25.2 Å². The third-order valence-electron chi connectivity index (χ3n) is 4.12. The maximum atomic E-state index is 12.6. The summed E-state index contributed by atoms with van der Waals surface area (Å²) in [5.41, 5.74) is 8.57. The molecule has 2 N–H and O–H groups in total. The van der Waals surface area contributed by atoms with Crippen molar-refractivity contribution >= 4 is 5.91 Å². The smallest absolute Gasteiger partial charge is 0.253 e. The fraction of sp³-hybridized carbons (Fsp3) is 0.471. The molecule has 1 amide bonds. The van der Waals surface area contributed by atoms with Crippen LogP contribution in [-0.4, -0.2) is 45.2 Å². The zero-order valence-corrected chi connectivity index (χ0v) is 14.2. The number of nitrogens with zero attached hydrogens (tertiary/aromatic N) is 4. The fourth-order valence-corrected chi connectivity index (χ4v) is 2.36. The second kappa shape index (κ2) is 7.37. The Morgan fingerprint density at radius 1 is 1.39 bits per heavy atom. The van der Waals surface area contributed by atoms with E-state index >= 15 is 0 Å². The quantitative estimate of drug-likeness (QED) is 0.884. The van der Waals surface area contributed by atoms with Gasteiger partial charge >= 0.3 is 0 Å². The van der Waals surface area contributed by atoms with Crippen molar-refractivity contribution in [2.75, 3.05) is 13.6 Å². The predicted molar refractivity (Wildman–Crippen MR) is 90.5 cm³/mol. The van der Waals surface area contributed by atoms with Crippen molar-refractivity contribution in [1.82, 2.24) is 19.7 Å². The lowest BCUT2D eigenvalue weighted by Crippen LogP contribution is -2.34. The summed E-state index contributed by atoms with van der Waals surface area (Å²) in [6, 6.07) is 5.77. The molecule has 0 radical (unpaired) electrons. The van der Waals surface area contributed by atoms with E-state index in [9.17, 15) is 4.79 Å². The van der Waals surface area contributed by atoms with Gasteiger partial charge in [-0.05, 0) is 43.0 Å². The maximum Gasteiger partial charge on any atom is 0.253 e. The van der Waals surface area contributed by atoms with E-state index in [1.165, 1.54) is 6.33 Å². The van der Waals surface area contributed by atoms with E-state index in [1.807, 2.05) is 32.2 Å². The number of carbonyl (C=O) groups is 1. The minimum Gasteiger partial charge on any atom is -0.342 e. The van der Waals surface area contributed by atoms with Crippen LogP contribution in [0.25, 0.3) is 5.69 Å². The molecule has 1 unspecified atom stereocenters. The van der Waals surface area contributed by atoms with Gasteiger partial charge in [-0.15, -0.1) is 0 Å². The molecular formula is C17H25N5O. The molecule has 23 heavy (non-hydrogen) atoms. The Bertz CT molecular complexity index is 651. The largest absolute Gasteiger partial charge is 0.342 e. The molecule has 0 fully saturated rings. The Labute approximate surface area is 137 Å². The minimum absolute atomic E-state index is 0.0172. The van der Waals surface area contributed by atoms with E-state index in [4.69, 9.17) is 5.73 Å². The van der Waals surface area contributed by atoms with Gasteiger partial charge in [0.05, 0.1) is 5.69 Å². The first-order valence-corrected chi connectivity index (χ1v) is 7.87. The summed E-state index contributed by atoms with van der Waals surface area (Å²) < 4.78 is 1.67. The number of carbonyl (C=O) groups excluding carboxylic acids is 1. The lowest BCUT2D eigenvalue weighted by atomic mass is 10.0. The number of rotatable bonds is 6. The van der Waals surface area contributed by atoms with E-state index in [2.05, 4.69) is 23.9 Å². The van der Waals surface area contributed by atoms with Gasteiger partial charge in [-0.3, -0.25) is 4.79 Å². The molecule has 0 aliphatic rings. The molecule has 0 bridgehead atoms. The molecule has 1 heterocycles. The van der Waals surface area contributed by atoms with E-state index in [-0.39, 0.29) is 11.9 Å². The number of aryl methyl sites for hydroxylation is 1. The third kappa shape index (κ3) is 4.16. The van der Waals surface area contributed by atoms with Crippen molar-refractivity contribution in [1.29, 1.82) is 0 Å². The molecule has 0 saturated heterocycles. The lowest BCUT2D eigenvalue weighted by Gasteiger charge is -2.22. The van der Waals surface area contributed by atoms with Crippen molar-refractivity contribution in [2.45, 2.75) is 33.2 Å². The third-order valence-corrected chi connectivity index (χ3v) is 4.12. The van der Waals surface area contributed by atoms with E-state index in [1.54, 1.807) is 15.9 Å². The molecular weight excluding hydrogens is 290 g/mol. The monoisotopic (exact) mass is 315 g/mol. The Kier molecular flexibility index (Phi) is 5.50. The SMILES string of the molecule is Cc1cc(-n2cncn2)ccc1C(=O)N(C)CCC(N)C(C)C. The highest BCUT2D eigenvalue weighted by atomic mass is 16.2. The number of hydrogen-bond donors (Lipinski definition) is 1. The Hall–Kier alpha value is -2.21. The van der Waals surface area contributed by atoms with Crippen LogP contribution < -0.4 is 5.73 Å². The normalized spacial score (nSPS) is 12.4. The topological polar surface area (TPSA) is 77.0 Å². The Morgan fingerprint density at radius 2 is 2.13 bits per heavy atom. The van der Waals surface area contributed by atoms with Crippen molar-refractivity contribution in [3.63, 3.8) is 0 Å². The van der Waals surface area contributed by atoms with Gasteiger partial charge in [0.1, 0.15) is 12.7 Å². The van der Waals surface area contributed by atoms with Crippen molar-refractivity contribution in [2.24, 2.45) is 11.7 Å². The van der Waals surface area contributed by atoms with E-state index < -0.39 is 0 Å². The number of hydrogen-bond acceptors (Lipinski definition) is 4. The average Bonchev–Trinajstić information content (AvgIpc) is 3.05. The summed E-state index contributed by atoms with van der Waals surface area (Å²) in [4.78, 5) is 18.3. The second-order valence-corrected chi connectivity index (χ2v) is 6.26. The van der Waals surface area contributed by atoms with Crippen LogP contribution in [0.15, 0.2) is 30.9 Å². The molecule has 2 aromatic rings. The Balaban J connectivity index is 2.07. The standard InChI is InChI=1S/C17H25N5O/c1-12(2)16(18)7-8-21(4)17(23)15-6-5-14(9-13(15)3)22-11-19-10-20-22/h5-6,9-12,16H,7-8,18H2,1-4H3. The van der Waals surface area contributed by atoms with E-state index in [0.29, 0.717) is 18.0 Å². The average molecular weight is 315 g/mol.